The minimum Gasteiger partial charge on any atom is -1.00 e. The summed E-state index contributed by atoms with van der Waals surface area (Å²) in [5.41, 5.74) is 10.9. The molecule has 22 heavy (non-hydrogen) atoms. The average molecular weight is 420 g/mol. The van der Waals surface area contributed by atoms with E-state index in [0.29, 0.717) is 0 Å². The molecule has 0 saturated carbocycles. The van der Waals surface area contributed by atoms with Crippen LogP contribution in [-0.4, -0.2) is 2.51 Å². The van der Waals surface area contributed by atoms with Crippen molar-refractivity contribution in [3.63, 3.8) is 0 Å². The molecule has 2 rings (SSSR count). The summed E-state index contributed by atoms with van der Waals surface area (Å²) in [6, 6.07) is 0. The van der Waals surface area contributed by atoms with Gasteiger partial charge in [-0.25, -0.2) is 0 Å². The largest absolute Gasteiger partial charge is 1.00 e. The van der Waals surface area contributed by atoms with Crippen LogP contribution in [0.1, 0.15) is 57.1 Å². The van der Waals surface area contributed by atoms with Gasteiger partial charge >= 0.3 is 136 Å². The fourth-order valence-corrected chi connectivity index (χ4v) is 7.45. The monoisotopic (exact) mass is 417 g/mol. The fraction of sp³-hybridized carbons (Fsp3) is 0.556. The van der Waals surface area contributed by atoms with Crippen molar-refractivity contribution in [2.24, 2.45) is 5.41 Å². The van der Waals surface area contributed by atoms with Gasteiger partial charge in [-0.1, -0.05) is 0 Å². The average Bonchev–Trinajstić information content (AvgIpc) is 2.66. The zero-order valence-electron chi connectivity index (χ0n) is 15.2. The molecule has 1 heterocycles. The van der Waals surface area contributed by atoms with E-state index in [1.807, 2.05) is 0 Å². The first-order valence-corrected chi connectivity index (χ1v) is 9.75. The van der Waals surface area contributed by atoms with Crippen LogP contribution in [0.2, 0.25) is 0 Å². The molecule has 0 N–H and O–H groups in total. The van der Waals surface area contributed by atoms with Crippen molar-refractivity contribution in [3.05, 3.63) is 42.5 Å². The Kier molecular flexibility index (Phi) is 7.49. The zero-order chi connectivity index (χ0) is 15.4. The van der Waals surface area contributed by atoms with Crippen LogP contribution in [0.5, 0.6) is 0 Å². The summed E-state index contributed by atoms with van der Waals surface area (Å²) >= 11 is -0.786. The van der Waals surface area contributed by atoms with Crippen molar-refractivity contribution >= 4 is 0 Å². The first kappa shape index (κ1) is 22.2. The number of hydrogen-bond acceptors (Lipinski definition) is 0. The summed E-state index contributed by atoms with van der Waals surface area (Å²) in [4.78, 5) is 0. The third kappa shape index (κ3) is 3.21. The molecule has 0 unspecified atom stereocenters. The Morgan fingerprint density at radius 2 is 1.14 bits per heavy atom. The van der Waals surface area contributed by atoms with Crippen molar-refractivity contribution in [3.8, 4) is 0 Å². The molecule has 4 heteroatoms. The number of halogens is 2. The zero-order valence-corrected chi connectivity index (χ0v) is 19.2. The predicted molar refractivity (Wildman–Crippen MR) is 83.6 cm³/mol. The number of rotatable bonds is 2. The van der Waals surface area contributed by atoms with E-state index in [2.05, 4.69) is 64.8 Å². The molecule has 0 atom stereocenters. The molecule has 0 spiro atoms. The second-order valence-electron chi connectivity index (χ2n) is 6.74. The van der Waals surface area contributed by atoms with Gasteiger partial charge in [-0.3, -0.25) is 0 Å². The van der Waals surface area contributed by atoms with Crippen molar-refractivity contribution in [1.82, 2.24) is 2.51 Å². The summed E-state index contributed by atoms with van der Waals surface area (Å²) in [5.74, 6) is 0. The van der Waals surface area contributed by atoms with Gasteiger partial charge in [-0.05, 0) is 0 Å². The molecular formula is C18H27Cl2NZr. The molecule has 122 valence electrons. The van der Waals surface area contributed by atoms with Crippen molar-refractivity contribution in [2.45, 2.75) is 62.3 Å². The van der Waals surface area contributed by atoms with Crippen LogP contribution in [0.15, 0.2) is 20.0 Å². The van der Waals surface area contributed by atoms with E-state index in [-0.39, 0.29) is 30.2 Å². The van der Waals surface area contributed by atoms with Gasteiger partial charge < -0.3 is 24.8 Å². The van der Waals surface area contributed by atoms with Crippen LogP contribution >= 0.6 is 0 Å². The first-order chi connectivity index (χ1) is 9.10. The van der Waals surface area contributed by atoms with Gasteiger partial charge in [0.15, 0.2) is 0 Å². The van der Waals surface area contributed by atoms with E-state index in [1.54, 1.807) is 14.4 Å². The number of aromatic nitrogens is 1. The Labute approximate surface area is 160 Å². The quantitative estimate of drug-likeness (QED) is 0.593. The second-order valence-corrected chi connectivity index (χ2v) is 9.62. The summed E-state index contributed by atoms with van der Waals surface area (Å²) < 4.78 is 4.41. The Morgan fingerprint density at radius 3 is 1.45 bits per heavy atom. The van der Waals surface area contributed by atoms with Gasteiger partial charge in [0.2, 0.25) is 0 Å². The van der Waals surface area contributed by atoms with Crippen molar-refractivity contribution in [2.75, 3.05) is 0 Å². The SMILES string of the molecule is CC1=C(C)C(C)(C)[C]([Zr+2][n]2c(C)c(C)c(C)c2C)=C1C.[Cl-].[Cl-]. The molecule has 0 saturated heterocycles. The Bertz CT molecular complexity index is 623. The van der Waals surface area contributed by atoms with E-state index in [9.17, 15) is 0 Å². The Morgan fingerprint density at radius 1 is 0.727 bits per heavy atom. The Balaban J connectivity index is 0.00000220. The normalized spacial score (nSPS) is 16.4. The molecular weight excluding hydrogens is 392 g/mol. The summed E-state index contributed by atoms with van der Waals surface area (Å²) in [6.45, 7) is 20.9. The van der Waals surface area contributed by atoms with E-state index in [4.69, 9.17) is 0 Å². The number of allylic oxidation sites excluding steroid dienone is 4. The van der Waals surface area contributed by atoms with Crippen LogP contribution in [0, 0.1) is 33.1 Å². The summed E-state index contributed by atoms with van der Waals surface area (Å²) in [6.07, 6.45) is 0. The molecule has 1 aromatic rings. The van der Waals surface area contributed by atoms with Crippen LogP contribution in [0.3, 0.4) is 0 Å². The predicted octanol–water partition coefficient (Wildman–Crippen LogP) is -0.774. The first-order valence-electron chi connectivity index (χ1n) is 7.42. The summed E-state index contributed by atoms with van der Waals surface area (Å²) in [7, 11) is 0. The molecule has 1 aliphatic carbocycles. The smallest absolute Gasteiger partial charge is 1.00 e. The third-order valence-electron chi connectivity index (χ3n) is 5.60. The third-order valence-corrected chi connectivity index (χ3v) is 10.8. The minimum absolute atomic E-state index is 0. The molecule has 0 bridgehead atoms. The van der Waals surface area contributed by atoms with Crippen molar-refractivity contribution < 1.29 is 48.3 Å². The van der Waals surface area contributed by atoms with Gasteiger partial charge in [-0.2, -0.15) is 0 Å². The molecule has 0 aromatic carbocycles. The van der Waals surface area contributed by atoms with Crippen LogP contribution < -0.4 is 24.8 Å². The van der Waals surface area contributed by atoms with Gasteiger partial charge in [0, 0.05) is 0 Å². The van der Waals surface area contributed by atoms with Crippen molar-refractivity contribution in [1.29, 1.82) is 0 Å². The van der Waals surface area contributed by atoms with E-state index >= 15 is 0 Å². The molecule has 1 nitrogen and oxygen atoms in total. The standard InChI is InChI=1S/C10H15.C8H12N.2ClH.Zr/c1-7-6-10(4,5)9(3)8(7)2;1-5-6(2)8(4)9-7(5)3;;;/h1-5H3;1-4H3;2*1H;/q;-1;;;+3/p-2. The minimum atomic E-state index is -0.786. The maximum atomic E-state index is 2.67. The van der Waals surface area contributed by atoms with Gasteiger partial charge in [0.25, 0.3) is 0 Å². The number of hydrogen-bond donors (Lipinski definition) is 0. The summed E-state index contributed by atoms with van der Waals surface area (Å²) in [5, 5.41) is 0. The van der Waals surface area contributed by atoms with E-state index in [0.717, 1.165) is 0 Å². The molecule has 1 aliphatic rings. The topological polar surface area (TPSA) is 4.93 Å². The molecule has 0 radical (unpaired) electrons. The fourth-order valence-electron chi connectivity index (χ4n) is 3.23. The molecule has 1 aromatic heterocycles. The maximum Gasteiger partial charge on any atom is -1.00 e. The van der Waals surface area contributed by atoms with Crippen LogP contribution in [-0.2, 0) is 23.5 Å². The van der Waals surface area contributed by atoms with E-state index < -0.39 is 23.5 Å². The molecule has 0 aliphatic heterocycles. The van der Waals surface area contributed by atoms with Gasteiger partial charge in [-0.15, -0.1) is 0 Å². The second kappa shape index (κ2) is 7.41. The van der Waals surface area contributed by atoms with Gasteiger partial charge in [0.1, 0.15) is 0 Å². The molecule has 0 amide bonds. The van der Waals surface area contributed by atoms with Crippen LogP contribution in [0.25, 0.3) is 0 Å². The maximum absolute atomic E-state index is 2.67. The van der Waals surface area contributed by atoms with Crippen LogP contribution in [0.4, 0.5) is 0 Å². The Hall–Kier alpha value is 0.223. The van der Waals surface area contributed by atoms with E-state index in [1.165, 1.54) is 28.1 Å². The molecule has 0 fully saturated rings. The number of nitrogens with zero attached hydrogens (tertiary/aromatic N) is 1. The van der Waals surface area contributed by atoms with Gasteiger partial charge in [0.05, 0.1) is 0 Å².